The molecule has 0 aliphatic heterocycles. The van der Waals surface area contributed by atoms with E-state index in [0.29, 0.717) is 24.2 Å². The Hall–Kier alpha value is -1.23. The summed E-state index contributed by atoms with van der Waals surface area (Å²) < 4.78 is 13.0. The molecule has 0 aromatic carbocycles. The minimum atomic E-state index is -0.374. The van der Waals surface area contributed by atoms with Crippen molar-refractivity contribution in [2.45, 2.75) is 39.2 Å². The maximum atomic E-state index is 13.0. The maximum absolute atomic E-state index is 13.0. The first-order valence-corrected chi connectivity index (χ1v) is 5.63. The number of anilines is 1. The van der Waals surface area contributed by atoms with Gasteiger partial charge in [-0.1, -0.05) is 6.92 Å². The van der Waals surface area contributed by atoms with Crippen molar-refractivity contribution in [3.63, 3.8) is 0 Å². The maximum Gasteiger partial charge on any atom is 0.223 e. The van der Waals surface area contributed by atoms with Crippen LogP contribution in [0.4, 0.5) is 10.3 Å². The highest BCUT2D eigenvalue weighted by Gasteiger charge is 2.08. The summed E-state index contributed by atoms with van der Waals surface area (Å²) >= 11 is 0. The van der Waals surface area contributed by atoms with Crippen LogP contribution >= 0.6 is 0 Å². The zero-order valence-electron chi connectivity index (χ0n) is 9.83. The lowest BCUT2D eigenvalue weighted by molar-refractivity contribution is 0.588. The number of halogens is 1. The number of nitrogens with one attached hydrogen (secondary N) is 1. The zero-order chi connectivity index (χ0) is 12.0. The second-order valence-corrected chi connectivity index (χ2v) is 3.81. The zero-order valence-corrected chi connectivity index (χ0v) is 9.83. The Morgan fingerprint density at radius 2 is 2.31 bits per heavy atom. The molecule has 4 nitrogen and oxygen atoms in total. The van der Waals surface area contributed by atoms with E-state index in [4.69, 9.17) is 5.73 Å². The Bertz CT molecular complexity index is 330. The average Bonchev–Trinajstić information content (AvgIpc) is 2.29. The van der Waals surface area contributed by atoms with Crippen molar-refractivity contribution in [3.05, 3.63) is 17.7 Å². The molecule has 1 heterocycles. The van der Waals surface area contributed by atoms with Crippen LogP contribution in [0.15, 0.2) is 6.20 Å². The Balaban J connectivity index is 2.59. The lowest BCUT2D eigenvalue weighted by atomic mass is 10.1. The molecule has 3 N–H and O–H groups in total. The molecule has 0 bridgehead atoms. The third-order valence-corrected chi connectivity index (χ3v) is 2.50. The molecule has 0 saturated heterocycles. The summed E-state index contributed by atoms with van der Waals surface area (Å²) in [6.45, 7) is 4.40. The largest absolute Gasteiger partial charge is 0.351 e. The van der Waals surface area contributed by atoms with E-state index >= 15 is 0 Å². The smallest absolute Gasteiger partial charge is 0.223 e. The van der Waals surface area contributed by atoms with Crippen LogP contribution < -0.4 is 11.1 Å². The normalized spacial score (nSPS) is 12.5. The van der Waals surface area contributed by atoms with E-state index in [-0.39, 0.29) is 5.82 Å². The highest BCUT2D eigenvalue weighted by Crippen LogP contribution is 2.10. The first-order chi connectivity index (χ1) is 7.67. The van der Waals surface area contributed by atoms with E-state index in [1.807, 2.05) is 0 Å². The van der Waals surface area contributed by atoms with E-state index in [1.165, 1.54) is 6.20 Å². The molecule has 0 spiro atoms. The molecule has 16 heavy (non-hydrogen) atoms. The fourth-order valence-corrected chi connectivity index (χ4v) is 1.45. The highest BCUT2D eigenvalue weighted by atomic mass is 19.1. The van der Waals surface area contributed by atoms with Crippen LogP contribution in [-0.4, -0.2) is 22.6 Å². The number of hydrogen-bond acceptors (Lipinski definition) is 4. The van der Waals surface area contributed by atoms with Gasteiger partial charge in [-0.3, -0.25) is 0 Å². The molecule has 1 atom stereocenters. The molecule has 0 saturated carbocycles. The van der Waals surface area contributed by atoms with Crippen LogP contribution in [0.25, 0.3) is 0 Å². The van der Waals surface area contributed by atoms with Crippen LogP contribution in [0.1, 0.15) is 31.9 Å². The van der Waals surface area contributed by atoms with Gasteiger partial charge in [0.1, 0.15) is 0 Å². The summed E-state index contributed by atoms with van der Waals surface area (Å²) in [6.07, 6.45) is 4.11. The topological polar surface area (TPSA) is 63.8 Å². The van der Waals surface area contributed by atoms with Crippen molar-refractivity contribution in [3.8, 4) is 0 Å². The summed E-state index contributed by atoms with van der Waals surface area (Å²) in [5.41, 5.74) is 5.83. The van der Waals surface area contributed by atoms with Crippen LogP contribution in [0.5, 0.6) is 0 Å². The van der Waals surface area contributed by atoms with Crippen LogP contribution in [0.2, 0.25) is 0 Å². The van der Waals surface area contributed by atoms with E-state index in [9.17, 15) is 4.39 Å². The minimum absolute atomic E-state index is 0.299. The molecule has 1 aromatic heterocycles. The lowest BCUT2D eigenvalue weighted by Gasteiger charge is -2.16. The van der Waals surface area contributed by atoms with Crippen molar-refractivity contribution in [2.24, 2.45) is 5.73 Å². The molecule has 0 amide bonds. The number of rotatable bonds is 6. The molecule has 1 aromatic rings. The summed E-state index contributed by atoms with van der Waals surface area (Å²) in [5.74, 6) is 0.114. The van der Waals surface area contributed by atoms with Gasteiger partial charge in [0.15, 0.2) is 5.82 Å². The van der Waals surface area contributed by atoms with Gasteiger partial charge < -0.3 is 11.1 Å². The Kier molecular flexibility index (Phi) is 5.11. The summed E-state index contributed by atoms with van der Waals surface area (Å²) in [6, 6.07) is 0.299. The van der Waals surface area contributed by atoms with Crippen molar-refractivity contribution in [1.29, 1.82) is 0 Å². The van der Waals surface area contributed by atoms with Crippen LogP contribution in [0, 0.1) is 12.7 Å². The van der Waals surface area contributed by atoms with Gasteiger partial charge in [-0.2, -0.15) is 0 Å². The van der Waals surface area contributed by atoms with Gasteiger partial charge in [-0.25, -0.2) is 14.4 Å². The molecular weight excluding hydrogens is 207 g/mol. The van der Waals surface area contributed by atoms with Gasteiger partial charge in [0.05, 0.1) is 11.9 Å². The Morgan fingerprint density at radius 3 is 2.88 bits per heavy atom. The lowest BCUT2D eigenvalue weighted by Crippen LogP contribution is -2.21. The Morgan fingerprint density at radius 1 is 1.56 bits per heavy atom. The third kappa shape index (κ3) is 3.73. The van der Waals surface area contributed by atoms with Crippen LogP contribution in [0.3, 0.4) is 0 Å². The monoisotopic (exact) mass is 226 g/mol. The molecule has 0 unspecified atom stereocenters. The second kappa shape index (κ2) is 6.37. The minimum Gasteiger partial charge on any atom is -0.351 e. The van der Waals surface area contributed by atoms with Gasteiger partial charge in [-0.15, -0.1) is 0 Å². The predicted octanol–water partition coefficient (Wildman–Crippen LogP) is 1.85. The van der Waals surface area contributed by atoms with Crippen molar-refractivity contribution in [2.75, 3.05) is 11.9 Å². The molecule has 1 rings (SSSR count). The first-order valence-electron chi connectivity index (χ1n) is 5.63. The summed E-state index contributed by atoms with van der Waals surface area (Å²) in [7, 11) is 0. The average molecular weight is 226 g/mol. The molecule has 0 aliphatic rings. The number of nitrogens with two attached hydrogens (primary N) is 1. The molecule has 0 aliphatic carbocycles. The van der Waals surface area contributed by atoms with Gasteiger partial charge >= 0.3 is 0 Å². The first kappa shape index (κ1) is 12.8. The van der Waals surface area contributed by atoms with E-state index < -0.39 is 0 Å². The van der Waals surface area contributed by atoms with Crippen molar-refractivity contribution >= 4 is 5.95 Å². The highest BCUT2D eigenvalue weighted by molar-refractivity contribution is 5.26. The number of aryl methyl sites for hydroxylation is 1. The predicted molar refractivity (Wildman–Crippen MR) is 62.7 cm³/mol. The number of nitrogens with zero attached hydrogens (tertiary/aromatic N) is 2. The standard InChI is InChI=1S/C11H19FN4/c1-3-9(5-4-6-13)16-11-14-7-10(12)8(2)15-11/h7,9H,3-6,13H2,1-2H3,(H,14,15,16)/t9-/m1/s1. The quantitative estimate of drug-likeness (QED) is 0.777. The SMILES string of the molecule is CC[C@H](CCCN)Nc1ncc(F)c(C)n1. The van der Waals surface area contributed by atoms with Gasteiger partial charge in [-0.05, 0) is 32.7 Å². The van der Waals surface area contributed by atoms with E-state index in [1.54, 1.807) is 6.92 Å². The Labute approximate surface area is 95.5 Å². The second-order valence-electron chi connectivity index (χ2n) is 3.81. The van der Waals surface area contributed by atoms with E-state index in [0.717, 1.165) is 19.3 Å². The van der Waals surface area contributed by atoms with Crippen molar-refractivity contribution in [1.82, 2.24) is 9.97 Å². The van der Waals surface area contributed by atoms with Crippen LogP contribution in [-0.2, 0) is 0 Å². The van der Waals surface area contributed by atoms with E-state index in [2.05, 4.69) is 22.2 Å². The molecular formula is C11H19FN4. The summed E-state index contributed by atoms with van der Waals surface area (Å²) in [5, 5.41) is 3.19. The number of aromatic nitrogens is 2. The molecule has 0 radical (unpaired) electrons. The summed E-state index contributed by atoms with van der Waals surface area (Å²) in [4.78, 5) is 7.95. The fraction of sp³-hybridized carbons (Fsp3) is 0.636. The van der Waals surface area contributed by atoms with Gasteiger partial charge in [0.25, 0.3) is 0 Å². The molecule has 5 heteroatoms. The van der Waals surface area contributed by atoms with Gasteiger partial charge in [0, 0.05) is 6.04 Å². The van der Waals surface area contributed by atoms with Gasteiger partial charge in [0.2, 0.25) is 5.95 Å². The molecule has 90 valence electrons. The molecule has 0 fully saturated rings. The fourth-order valence-electron chi connectivity index (χ4n) is 1.45. The third-order valence-electron chi connectivity index (χ3n) is 2.50. The number of hydrogen-bond donors (Lipinski definition) is 2. The van der Waals surface area contributed by atoms with Crippen molar-refractivity contribution < 1.29 is 4.39 Å².